The summed E-state index contributed by atoms with van der Waals surface area (Å²) in [7, 11) is 0. The molecule has 1 aromatic rings. The van der Waals surface area contributed by atoms with E-state index < -0.39 is 0 Å². The lowest BCUT2D eigenvalue weighted by Crippen LogP contribution is -2.33. The van der Waals surface area contributed by atoms with Crippen LogP contribution in [0.3, 0.4) is 0 Å². The summed E-state index contributed by atoms with van der Waals surface area (Å²) in [5, 5.41) is 3.57. The zero-order valence-electron chi connectivity index (χ0n) is 9.88. The van der Waals surface area contributed by atoms with Gasteiger partial charge in [0.05, 0.1) is 11.6 Å². The number of rotatable bonds is 4. The minimum atomic E-state index is -0.359. The standard InChI is InChI=1S/C13H17ClFNO/c1-9(11-4-5-17-8-11)16-7-10-2-3-12(14)13(15)6-10/h2-3,6,9,11,16H,4-5,7-8H2,1H3. The summed E-state index contributed by atoms with van der Waals surface area (Å²) in [6.07, 6.45) is 1.10. The lowest BCUT2D eigenvalue weighted by atomic mass is 10.0. The topological polar surface area (TPSA) is 21.3 Å². The summed E-state index contributed by atoms with van der Waals surface area (Å²) in [6, 6.07) is 5.30. The summed E-state index contributed by atoms with van der Waals surface area (Å²) in [5.74, 6) is 0.204. The molecule has 1 fully saturated rings. The zero-order valence-corrected chi connectivity index (χ0v) is 10.6. The lowest BCUT2D eigenvalue weighted by Gasteiger charge is -2.19. The third-order valence-corrected chi connectivity index (χ3v) is 3.59. The molecule has 4 heteroatoms. The van der Waals surface area contributed by atoms with Gasteiger partial charge < -0.3 is 10.1 Å². The zero-order chi connectivity index (χ0) is 12.3. The van der Waals surface area contributed by atoms with Crippen molar-refractivity contribution >= 4 is 11.6 Å². The van der Waals surface area contributed by atoms with Crippen LogP contribution in [-0.2, 0) is 11.3 Å². The van der Waals surface area contributed by atoms with Gasteiger partial charge in [0, 0.05) is 19.2 Å². The maximum absolute atomic E-state index is 13.2. The molecule has 1 aliphatic heterocycles. The van der Waals surface area contributed by atoms with Gasteiger partial charge in [-0.2, -0.15) is 0 Å². The van der Waals surface area contributed by atoms with Crippen LogP contribution in [0, 0.1) is 11.7 Å². The Labute approximate surface area is 106 Å². The van der Waals surface area contributed by atoms with E-state index in [9.17, 15) is 4.39 Å². The van der Waals surface area contributed by atoms with E-state index in [0.29, 0.717) is 18.5 Å². The van der Waals surface area contributed by atoms with Gasteiger partial charge in [-0.15, -0.1) is 0 Å². The number of hydrogen-bond acceptors (Lipinski definition) is 2. The van der Waals surface area contributed by atoms with Gasteiger partial charge >= 0.3 is 0 Å². The molecule has 1 aromatic carbocycles. The SMILES string of the molecule is CC(NCc1ccc(Cl)c(F)c1)C1CCOC1. The van der Waals surface area contributed by atoms with Crippen LogP contribution in [0.15, 0.2) is 18.2 Å². The van der Waals surface area contributed by atoms with E-state index >= 15 is 0 Å². The highest BCUT2D eigenvalue weighted by molar-refractivity contribution is 6.30. The van der Waals surface area contributed by atoms with E-state index in [-0.39, 0.29) is 10.8 Å². The highest BCUT2D eigenvalue weighted by Crippen LogP contribution is 2.18. The predicted octanol–water partition coefficient (Wildman–Crippen LogP) is 2.99. The third kappa shape index (κ3) is 3.41. The summed E-state index contributed by atoms with van der Waals surface area (Å²) in [6.45, 7) is 4.48. The van der Waals surface area contributed by atoms with Crippen molar-refractivity contribution in [2.24, 2.45) is 5.92 Å². The Kier molecular flexibility index (Phi) is 4.37. The van der Waals surface area contributed by atoms with E-state index in [1.165, 1.54) is 6.07 Å². The fourth-order valence-corrected chi connectivity index (χ4v) is 2.16. The number of benzene rings is 1. The molecular weight excluding hydrogens is 241 g/mol. The molecule has 0 spiro atoms. The molecule has 0 aromatic heterocycles. The van der Waals surface area contributed by atoms with Crippen molar-refractivity contribution in [1.29, 1.82) is 0 Å². The van der Waals surface area contributed by atoms with Crippen molar-refractivity contribution in [3.8, 4) is 0 Å². The first-order chi connectivity index (χ1) is 8.16. The second-order valence-corrected chi connectivity index (χ2v) is 4.95. The highest BCUT2D eigenvalue weighted by atomic mass is 35.5. The Morgan fingerprint density at radius 1 is 1.59 bits per heavy atom. The molecule has 1 N–H and O–H groups in total. The molecule has 0 aliphatic carbocycles. The Hall–Kier alpha value is -0.640. The molecule has 0 bridgehead atoms. The first-order valence-electron chi connectivity index (χ1n) is 5.92. The molecule has 1 aliphatic rings. The fraction of sp³-hybridized carbons (Fsp3) is 0.538. The van der Waals surface area contributed by atoms with Crippen molar-refractivity contribution in [2.75, 3.05) is 13.2 Å². The first kappa shape index (κ1) is 12.8. The summed E-state index contributed by atoms with van der Waals surface area (Å²) < 4.78 is 18.6. The number of hydrogen-bond donors (Lipinski definition) is 1. The fourth-order valence-electron chi connectivity index (χ4n) is 2.04. The number of halogens is 2. The predicted molar refractivity (Wildman–Crippen MR) is 66.6 cm³/mol. The van der Waals surface area contributed by atoms with Crippen molar-refractivity contribution in [3.63, 3.8) is 0 Å². The highest BCUT2D eigenvalue weighted by Gasteiger charge is 2.21. The minimum Gasteiger partial charge on any atom is -0.381 e. The van der Waals surface area contributed by atoms with Gasteiger partial charge in [0.1, 0.15) is 5.82 Å². The smallest absolute Gasteiger partial charge is 0.142 e. The van der Waals surface area contributed by atoms with Gasteiger partial charge in [0.15, 0.2) is 0 Å². The molecule has 1 saturated heterocycles. The molecule has 94 valence electrons. The van der Waals surface area contributed by atoms with Crippen molar-refractivity contribution in [2.45, 2.75) is 25.9 Å². The average Bonchev–Trinajstić information content (AvgIpc) is 2.84. The van der Waals surface area contributed by atoms with Crippen LogP contribution in [0.2, 0.25) is 5.02 Å². The van der Waals surface area contributed by atoms with Gasteiger partial charge in [0.2, 0.25) is 0 Å². The molecule has 1 heterocycles. The van der Waals surface area contributed by atoms with Gasteiger partial charge in [-0.25, -0.2) is 4.39 Å². The van der Waals surface area contributed by atoms with Crippen molar-refractivity contribution in [3.05, 3.63) is 34.6 Å². The maximum Gasteiger partial charge on any atom is 0.142 e. The van der Waals surface area contributed by atoms with E-state index in [1.807, 2.05) is 6.07 Å². The van der Waals surface area contributed by atoms with Crippen LogP contribution in [-0.4, -0.2) is 19.3 Å². The second kappa shape index (κ2) is 5.80. The van der Waals surface area contributed by atoms with E-state index in [4.69, 9.17) is 16.3 Å². The summed E-state index contributed by atoms with van der Waals surface area (Å²) in [4.78, 5) is 0. The van der Waals surface area contributed by atoms with Gasteiger partial charge in [-0.3, -0.25) is 0 Å². The lowest BCUT2D eigenvalue weighted by molar-refractivity contribution is 0.178. The average molecular weight is 258 g/mol. The van der Waals surface area contributed by atoms with Crippen LogP contribution < -0.4 is 5.32 Å². The molecule has 17 heavy (non-hydrogen) atoms. The van der Waals surface area contributed by atoms with Crippen LogP contribution in [0.4, 0.5) is 4.39 Å². The molecule has 0 radical (unpaired) electrons. The van der Waals surface area contributed by atoms with Crippen LogP contribution in [0.1, 0.15) is 18.9 Å². The Balaban J connectivity index is 1.86. The van der Waals surface area contributed by atoms with Gasteiger partial charge in [0.25, 0.3) is 0 Å². The molecule has 2 nitrogen and oxygen atoms in total. The molecule has 0 amide bonds. The van der Waals surface area contributed by atoms with E-state index in [2.05, 4.69) is 12.2 Å². The first-order valence-corrected chi connectivity index (χ1v) is 6.29. The quantitative estimate of drug-likeness (QED) is 0.895. The summed E-state index contributed by atoms with van der Waals surface area (Å²) >= 11 is 5.64. The Morgan fingerprint density at radius 3 is 3.06 bits per heavy atom. The Bertz CT molecular complexity index is 380. The molecular formula is C13H17ClFNO. The molecule has 0 saturated carbocycles. The third-order valence-electron chi connectivity index (χ3n) is 3.28. The largest absolute Gasteiger partial charge is 0.381 e. The van der Waals surface area contributed by atoms with Crippen molar-refractivity contribution in [1.82, 2.24) is 5.32 Å². The normalized spacial score (nSPS) is 21.7. The van der Waals surface area contributed by atoms with Gasteiger partial charge in [-0.05, 0) is 37.0 Å². The minimum absolute atomic E-state index is 0.172. The van der Waals surface area contributed by atoms with Crippen LogP contribution in [0.5, 0.6) is 0 Å². The maximum atomic E-state index is 13.2. The van der Waals surface area contributed by atoms with Crippen molar-refractivity contribution < 1.29 is 9.13 Å². The monoisotopic (exact) mass is 257 g/mol. The van der Waals surface area contributed by atoms with E-state index in [0.717, 1.165) is 25.2 Å². The second-order valence-electron chi connectivity index (χ2n) is 4.54. The summed E-state index contributed by atoms with van der Waals surface area (Å²) in [5.41, 5.74) is 0.915. The Morgan fingerprint density at radius 2 is 2.41 bits per heavy atom. The molecule has 2 rings (SSSR count). The number of nitrogens with one attached hydrogen (secondary N) is 1. The van der Waals surface area contributed by atoms with Crippen LogP contribution >= 0.6 is 11.6 Å². The van der Waals surface area contributed by atoms with E-state index in [1.54, 1.807) is 6.07 Å². The van der Waals surface area contributed by atoms with Crippen LogP contribution in [0.25, 0.3) is 0 Å². The number of ether oxygens (including phenoxy) is 1. The molecule has 2 atom stereocenters. The molecule has 2 unspecified atom stereocenters. The van der Waals surface area contributed by atoms with Gasteiger partial charge in [-0.1, -0.05) is 17.7 Å².